The molecule has 22 heavy (non-hydrogen) atoms. The van der Waals surface area contributed by atoms with Crippen LogP contribution in [0, 0.1) is 0 Å². The minimum Gasteiger partial charge on any atom is -0.497 e. The molecule has 0 N–H and O–H groups in total. The minimum absolute atomic E-state index is 0.252. The Bertz CT molecular complexity index is 680. The summed E-state index contributed by atoms with van der Waals surface area (Å²) in [5.41, 5.74) is 1.61. The zero-order valence-electron chi connectivity index (χ0n) is 13.3. The fourth-order valence-corrected chi connectivity index (χ4v) is 3.01. The SMILES string of the molecule is COc1cc(OC)cc(-c2nn(C(C)(C)C)c(Br)c2C=O)c1. The number of benzene rings is 1. The monoisotopic (exact) mass is 366 g/mol. The van der Waals surface area contributed by atoms with Gasteiger partial charge in [0.25, 0.3) is 0 Å². The number of rotatable bonds is 4. The molecule has 0 atom stereocenters. The molecular weight excluding hydrogens is 348 g/mol. The highest BCUT2D eigenvalue weighted by Gasteiger charge is 2.24. The van der Waals surface area contributed by atoms with Crippen LogP contribution < -0.4 is 9.47 Å². The first-order valence-corrected chi connectivity index (χ1v) is 7.58. The van der Waals surface area contributed by atoms with Gasteiger partial charge in [0, 0.05) is 11.6 Å². The van der Waals surface area contributed by atoms with E-state index in [1.54, 1.807) is 25.0 Å². The number of halogens is 1. The lowest BCUT2D eigenvalue weighted by atomic mass is 10.1. The molecule has 0 radical (unpaired) electrons. The fourth-order valence-electron chi connectivity index (χ4n) is 2.12. The van der Waals surface area contributed by atoms with E-state index in [0.29, 0.717) is 27.4 Å². The Balaban J connectivity index is 2.69. The molecule has 1 heterocycles. The van der Waals surface area contributed by atoms with E-state index in [2.05, 4.69) is 21.0 Å². The maximum Gasteiger partial charge on any atom is 0.155 e. The zero-order chi connectivity index (χ0) is 16.5. The van der Waals surface area contributed by atoms with Gasteiger partial charge in [-0.25, -0.2) is 0 Å². The van der Waals surface area contributed by atoms with Gasteiger partial charge in [0.05, 0.1) is 25.3 Å². The molecule has 5 nitrogen and oxygen atoms in total. The Kier molecular flexibility index (Phi) is 4.60. The predicted octanol–water partition coefficient (Wildman–Crippen LogP) is 3.90. The number of aldehydes is 1. The van der Waals surface area contributed by atoms with E-state index in [-0.39, 0.29) is 5.54 Å². The Hall–Kier alpha value is -1.82. The van der Waals surface area contributed by atoms with Gasteiger partial charge in [-0.3, -0.25) is 9.48 Å². The molecule has 2 rings (SSSR count). The molecule has 0 aliphatic heterocycles. The van der Waals surface area contributed by atoms with Crippen molar-refractivity contribution in [3.05, 3.63) is 28.4 Å². The average Bonchev–Trinajstić information content (AvgIpc) is 2.83. The van der Waals surface area contributed by atoms with Gasteiger partial charge in [-0.2, -0.15) is 5.10 Å². The van der Waals surface area contributed by atoms with Crippen LogP contribution >= 0.6 is 15.9 Å². The largest absolute Gasteiger partial charge is 0.497 e. The molecule has 118 valence electrons. The first-order valence-electron chi connectivity index (χ1n) is 6.79. The van der Waals surface area contributed by atoms with Crippen molar-refractivity contribution in [2.45, 2.75) is 26.3 Å². The number of hydrogen-bond donors (Lipinski definition) is 0. The minimum atomic E-state index is -0.252. The van der Waals surface area contributed by atoms with Gasteiger partial charge in [0.2, 0.25) is 0 Å². The number of nitrogens with zero attached hydrogens (tertiary/aromatic N) is 2. The van der Waals surface area contributed by atoms with Gasteiger partial charge in [-0.05, 0) is 48.8 Å². The molecule has 0 unspecified atom stereocenters. The number of hydrogen-bond acceptors (Lipinski definition) is 4. The van der Waals surface area contributed by atoms with Crippen molar-refractivity contribution in [3.63, 3.8) is 0 Å². The molecule has 0 amide bonds. The van der Waals surface area contributed by atoms with Crippen molar-refractivity contribution in [2.24, 2.45) is 0 Å². The second-order valence-electron chi connectivity index (χ2n) is 5.85. The van der Waals surface area contributed by atoms with Gasteiger partial charge in [0.1, 0.15) is 21.8 Å². The number of ether oxygens (including phenoxy) is 2. The first-order chi connectivity index (χ1) is 10.3. The molecule has 1 aromatic heterocycles. The van der Waals surface area contributed by atoms with Crippen LogP contribution in [-0.2, 0) is 5.54 Å². The highest BCUT2D eigenvalue weighted by Crippen LogP contribution is 2.35. The van der Waals surface area contributed by atoms with Crippen LogP contribution in [0.5, 0.6) is 11.5 Å². The second kappa shape index (κ2) is 6.12. The van der Waals surface area contributed by atoms with Crippen LogP contribution in [0.15, 0.2) is 22.8 Å². The maximum absolute atomic E-state index is 11.5. The number of aromatic nitrogens is 2. The van der Waals surface area contributed by atoms with E-state index in [0.717, 1.165) is 11.8 Å². The lowest BCUT2D eigenvalue weighted by Gasteiger charge is -2.20. The van der Waals surface area contributed by atoms with E-state index in [9.17, 15) is 4.79 Å². The van der Waals surface area contributed by atoms with E-state index in [4.69, 9.17) is 9.47 Å². The lowest BCUT2D eigenvalue weighted by molar-refractivity contribution is 0.112. The molecule has 0 saturated heterocycles. The molecule has 1 aromatic carbocycles. The molecule has 0 fully saturated rings. The van der Waals surface area contributed by atoms with E-state index in [1.807, 2.05) is 32.9 Å². The van der Waals surface area contributed by atoms with E-state index < -0.39 is 0 Å². The summed E-state index contributed by atoms with van der Waals surface area (Å²) in [7, 11) is 3.17. The highest BCUT2D eigenvalue weighted by atomic mass is 79.9. The quantitative estimate of drug-likeness (QED) is 0.770. The summed E-state index contributed by atoms with van der Waals surface area (Å²) in [6.45, 7) is 6.07. The van der Waals surface area contributed by atoms with Gasteiger partial charge in [-0.15, -0.1) is 0 Å². The summed E-state index contributed by atoms with van der Waals surface area (Å²) < 4.78 is 13.0. The molecule has 0 aliphatic carbocycles. The van der Waals surface area contributed by atoms with Crippen molar-refractivity contribution >= 4 is 22.2 Å². The van der Waals surface area contributed by atoms with Gasteiger partial charge in [-0.1, -0.05) is 0 Å². The summed E-state index contributed by atoms with van der Waals surface area (Å²) in [5, 5.41) is 4.60. The molecule has 2 aromatic rings. The molecular formula is C16H19BrN2O3. The smallest absolute Gasteiger partial charge is 0.155 e. The molecule has 0 bridgehead atoms. The van der Waals surface area contributed by atoms with Crippen LogP contribution in [0.2, 0.25) is 0 Å². The molecule has 6 heteroatoms. The summed E-state index contributed by atoms with van der Waals surface area (Å²) >= 11 is 3.47. The third kappa shape index (κ3) is 3.02. The second-order valence-corrected chi connectivity index (χ2v) is 6.61. The van der Waals surface area contributed by atoms with Crippen LogP contribution in [0.25, 0.3) is 11.3 Å². The topological polar surface area (TPSA) is 53.4 Å². The standard InChI is InChI=1S/C16H19BrN2O3/c1-16(2,3)19-15(17)13(9-20)14(18-19)10-6-11(21-4)8-12(7-10)22-5/h6-9H,1-5H3. The van der Waals surface area contributed by atoms with Gasteiger partial charge in [0.15, 0.2) is 6.29 Å². The first kappa shape index (κ1) is 16.5. The summed E-state index contributed by atoms with van der Waals surface area (Å²) in [6.07, 6.45) is 0.806. The van der Waals surface area contributed by atoms with Gasteiger partial charge >= 0.3 is 0 Å². The Morgan fingerprint density at radius 3 is 2.09 bits per heavy atom. The molecule has 0 saturated carbocycles. The summed E-state index contributed by atoms with van der Waals surface area (Å²) in [5.74, 6) is 1.29. The normalized spacial score (nSPS) is 11.4. The van der Waals surface area contributed by atoms with Crippen LogP contribution in [0.4, 0.5) is 0 Å². The van der Waals surface area contributed by atoms with Crippen molar-refractivity contribution in [1.29, 1.82) is 0 Å². The highest BCUT2D eigenvalue weighted by molar-refractivity contribution is 9.10. The van der Waals surface area contributed by atoms with Gasteiger partial charge < -0.3 is 9.47 Å². The third-order valence-electron chi connectivity index (χ3n) is 3.24. The number of carbonyl (C=O) groups is 1. The van der Waals surface area contributed by atoms with Crippen molar-refractivity contribution < 1.29 is 14.3 Å². The zero-order valence-corrected chi connectivity index (χ0v) is 14.9. The van der Waals surface area contributed by atoms with Crippen LogP contribution in [0.3, 0.4) is 0 Å². The lowest BCUT2D eigenvalue weighted by Crippen LogP contribution is -2.23. The van der Waals surface area contributed by atoms with E-state index >= 15 is 0 Å². The predicted molar refractivity (Wildman–Crippen MR) is 88.9 cm³/mol. The fraction of sp³-hybridized carbons (Fsp3) is 0.375. The van der Waals surface area contributed by atoms with Crippen LogP contribution in [0.1, 0.15) is 31.1 Å². The Morgan fingerprint density at radius 1 is 1.14 bits per heavy atom. The average molecular weight is 367 g/mol. The molecule has 0 spiro atoms. The Labute approximate surface area is 138 Å². The Morgan fingerprint density at radius 2 is 1.68 bits per heavy atom. The third-order valence-corrected chi connectivity index (χ3v) is 4.00. The van der Waals surface area contributed by atoms with Crippen molar-refractivity contribution in [3.8, 4) is 22.8 Å². The van der Waals surface area contributed by atoms with E-state index in [1.165, 1.54) is 0 Å². The van der Waals surface area contributed by atoms with Crippen molar-refractivity contribution in [1.82, 2.24) is 9.78 Å². The van der Waals surface area contributed by atoms with Crippen molar-refractivity contribution in [2.75, 3.05) is 14.2 Å². The molecule has 0 aliphatic rings. The summed E-state index contributed by atoms with van der Waals surface area (Å²) in [4.78, 5) is 11.5. The number of methoxy groups -OCH3 is 2. The van der Waals surface area contributed by atoms with Crippen LogP contribution in [-0.4, -0.2) is 30.3 Å². The summed E-state index contributed by atoms with van der Waals surface area (Å²) in [6, 6.07) is 5.44. The number of carbonyl (C=O) groups excluding carboxylic acids is 1. The maximum atomic E-state index is 11.5.